The zero-order valence-electron chi connectivity index (χ0n) is 13.6. The van der Waals surface area contributed by atoms with Crippen molar-refractivity contribution in [2.75, 3.05) is 0 Å². The molecule has 0 fully saturated rings. The van der Waals surface area contributed by atoms with Crippen LogP contribution in [0.5, 0.6) is 17.2 Å². The zero-order valence-corrected chi connectivity index (χ0v) is 13.6. The first-order valence-electron chi connectivity index (χ1n) is 8.32. The van der Waals surface area contributed by atoms with E-state index >= 15 is 0 Å². The summed E-state index contributed by atoms with van der Waals surface area (Å²) in [7, 11) is 0. The normalized spacial score (nSPS) is 10.6. The van der Waals surface area contributed by atoms with Crippen molar-refractivity contribution < 1.29 is 9.84 Å². The van der Waals surface area contributed by atoms with Gasteiger partial charge in [0.25, 0.3) is 0 Å². The molecule has 0 saturated heterocycles. The van der Waals surface area contributed by atoms with E-state index in [0.717, 1.165) is 31.4 Å². The maximum absolute atomic E-state index is 9.92. The minimum Gasteiger partial charge on any atom is -0.504 e. The fourth-order valence-corrected chi connectivity index (χ4v) is 2.61. The van der Waals surface area contributed by atoms with Crippen molar-refractivity contribution in [2.45, 2.75) is 52.4 Å². The quantitative estimate of drug-likeness (QED) is 0.660. The number of unbranched alkanes of at least 4 members (excludes halogenated alkanes) is 2. The minimum atomic E-state index is 0.183. The molecule has 2 nitrogen and oxygen atoms in total. The number of aromatic hydroxyl groups is 1. The van der Waals surface area contributed by atoms with Gasteiger partial charge in [-0.05, 0) is 55.0 Å². The molecule has 2 aromatic rings. The molecule has 0 radical (unpaired) electrons. The fraction of sp³-hybridized carbons (Fsp3) is 0.400. The molecule has 1 N–H and O–H groups in total. The van der Waals surface area contributed by atoms with Crippen LogP contribution in [0.2, 0.25) is 0 Å². The van der Waals surface area contributed by atoms with Gasteiger partial charge in [0.1, 0.15) is 5.75 Å². The molecule has 0 saturated carbocycles. The molecule has 0 aliphatic carbocycles. The van der Waals surface area contributed by atoms with Crippen molar-refractivity contribution in [1.29, 1.82) is 0 Å². The lowest BCUT2D eigenvalue weighted by Crippen LogP contribution is -1.99. The second kappa shape index (κ2) is 8.47. The highest BCUT2D eigenvalue weighted by Gasteiger charge is 2.11. The summed E-state index contributed by atoms with van der Waals surface area (Å²) in [5.74, 6) is 1.58. The van der Waals surface area contributed by atoms with Gasteiger partial charge in [-0.25, -0.2) is 0 Å². The summed E-state index contributed by atoms with van der Waals surface area (Å²) >= 11 is 0. The predicted molar refractivity (Wildman–Crippen MR) is 91.8 cm³/mol. The lowest BCUT2D eigenvalue weighted by molar-refractivity contribution is 0.408. The van der Waals surface area contributed by atoms with Crippen LogP contribution in [0.3, 0.4) is 0 Å². The van der Waals surface area contributed by atoms with E-state index < -0.39 is 0 Å². The van der Waals surface area contributed by atoms with Crippen LogP contribution in [-0.4, -0.2) is 5.11 Å². The van der Waals surface area contributed by atoms with Crippen LogP contribution >= 0.6 is 0 Å². The van der Waals surface area contributed by atoms with Crippen LogP contribution in [0.1, 0.15) is 50.7 Å². The predicted octanol–water partition coefficient (Wildman–Crippen LogP) is 5.87. The van der Waals surface area contributed by atoms with Crippen molar-refractivity contribution in [3.05, 3.63) is 53.6 Å². The number of benzene rings is 2. The Kier molecular flexibility index (Phi) is 6.32. The summed E-state index contributed by atoms with van der Waals surface area (Å²) in [5.41, 5.74) is 2.67. The highest BCUT2D eigenvalue weighted by molar-refractivity contribution is 5.46. The van der Waals surface area contributed by atoms with Crippen molar-refractivity contribution in [1.82, 2.24) is 0 Å². The third-order valence-corrected chi connectivity index (χ3v) is 3.90. The Morgan fingerprint density at radius 3 is 2.23 bits per heavy atom. The van der Waals surface area contributed by atoms with Crippen molar-refractivity contribution >= 4 is 0 Å². The Bertz CT molecular complexity index is 590. The average molecular weight is 298 g/mol. The molecule has 0 aliphatic heterocycles. The molecule has 0 heterocycles. The van der Waals surface area contributed by atoms with E-state index in [1.165, 1.54) is 24.0 Å². The van der Waals surface area contributed by atoms with Gasteiger partial charge in [0.2, 0.25) is 0 Å². The Labute approximate surface area is 133 Å². The van der Waals surface area contributed by atoms with Gasteiger partial charge >= 0.3 is 0 Å². The van der Waals surface area contributed by atoms with E-state index in [4.69, 9.17) is 4.74 Å². The second-order valence-electron chi connectivity index (χ2n) is 5.67. The van der Waals surface area contributed by atoms with E-state index in [1.54, 1.807) is 18.2 Å². The van der Waals surface area contributed by atoms with Crippen LogP contribution in [0.15, 0.2) is 42.5 Å². The van der Waals surface area contributed by atoms with Crippen LogP contribution < -0.4 is 4.74 Å². The molecule has 0 unspecified atom stereocenters. The zero-order chi connectivity index (χ0) is 15.8. The number of aryl methyl sites for hydroxylation is 1. The first kappa shape index (κ1) is 16.4. The first-order chi connectivity index (χ1) is 10.8. The lowest BCUT2D eigenvalue weighted by atomic mass is 9.97. The molecule has 0 aromatic heterocycles. The highest BCUT2D eigenvalue weighted by Crippen LogP contribution is 2.34. The lowest BCUT2D eigenvalue weighted by Gasteiger charge is -2.16. The molecule has 2 aromatic carbocycles. The maximum Gasteiger partial charge on any atom is 0.169 e. The number of para-hydroxylation sites is 2. The molecular formula is C20H26O2. The SMILES string of the molecule is CCCCc1cccc(Oc2ccccc2O)c1CCCC. The molecule has 0 aliphatic rings. The molecule has 0 bridgehead atoms. The fourth-order valence-electron chi connectivity index (χ4n) is 2.61. The van der Waals surface area contributed by atoms with E-state index in [-0.39, 0.29) is 5.75 Å². The second-order valence-corrected chi connectivity index (χ2v) is 5.67. The number of rotatable bonds is 8. The van der Waals surface area contributed by atoms with Crippen molar-refractivity contribution in [2.24, 2.45) is 0 Å². The molecular weight excluding hydrogens is 272 g/mol. The molecule has 22 heavy (non-hydrogen) atoms. The van der Waals surface area contributed by atoms with Crippen LogP contribution in [-0.2, 0) is 12.8 Å². The number of phenols is 1. The highest BCUT2D eigenvalue weighted by atomic mass is 16.5. The first-order valence-corrected chi connectivity index (χ1v) is 8.32. The average Bonchev–Trinajstić information content (AvgIpc) is 2.54. The summed E-state index contributed by atoms with van der Waals surface area (Å²) in [6.07, 6.45) is 6.82. The van der Waals surface area contributed by atoms with Gasteiger partial charge in [0.15, 0.2) is 11.5 Å². The van der Waals surface area contributed by atoms with E-state index in [2.05, 4.69) is 26.0 Å². The van der Waals surface area contributed by atoms with E-state index in [0.29, 0.717) is 5.75 Å². The topological polar surface area (TPSA) is 29.5 Å². The molecule has 0 amide bonds. The third-order valence-electron chi connectivity index (χ3n) is 3.90. The van der Waals surface area contributed by atoms with Crippen LogP contribution in [0, 0.1) is 0 Å². The van der Waals surface area contributed by atoms with Gasteiger partial charge in [0, 0.05) is 0 Å². The van der Waals surface area contributed by atoms with Gasteiger partial charge < -0.3 is 9.84 Å². The van der Waals surface area contributed by atoms with Gasteiger partial charge in [-0.15, -0.1) is 0 Å². The van der Waals surface area contributed by atoms with Crippen LogP contribution in [0.25, 0.3) is 0 Å². The Morgan fingerprint density at radius 2 is 1.50 bits per heavy atom. The van der Waals surface area contributed by atoms with Crippen molar-refractivity contribution in [3.8, 4) is 17.2 Å². The molecule has 2 heteroatoms. The van der Waals surface area contributed by atoms with Crippen molar-refractivity contribution in [3.63, 3.8) is 0 Å². The van der Waals surface area contributed by atoms with Gasteiger partial charge in [-0.3, -0.25) is 0 Å². The summed E-state index contributed by atoms with van der Waals surface area (Å²) < 4.78 is 6.01. The largest absolute Gasteiger partial charge is 0.504 e. The monoisotopic (exact) mass is 298 g/mol. The number of hydrogen-bond acceptors (Lipinski definition) is 2. The molecule has 0 atom stereocenters. The summed E-state index contributed by atoms with van der Waals surface area (Å²) in [5, 5.41) is 9.92. The third kappa shape index (κ3) is 4.27. The summed E-state index contributed by atoms with van der Waals surface area (Å²) in [6, 6.07) is 13.4. The Morgan fingerprint density at radius 1 is 0.818 bits per heavy atom. The van der Waals surface area contributed by atoms with E-state index in [9.17, 15) is 5.11 Å². The molecule has 0 spiro atoms. The standard InChI is InChI=1S/C20H26O2/c1-3-5-10-16-11-9-15-19(17(16)12-6-4-2)22-20-14-8-7-13-18(20)21/h7-9,11,13-15,21H,3-6,10,12H2,1-2H3. The minimum absolute atomic E-state index is 0.183. The van der Waals surface area contributed by atoms with Gasteiger partial charge in [-0.1, -0.05) is 51.0 Å². The van der Waals surface area contributed by atoms with Gasteiger partial charge in [0.05, 0.1) is 0 Å². The molecule has 118 valence electrons. The maximum atomic E-state index is 9.92. The van der Waals surface area contributed by atoms with Crippen LogP contribution in [0.4, 0.5) is 0 Å². The van der Waals surface area contributed by atoms with E-state index in [1.807, 2.05) is 12.1 Å². The smallest absolute Gasteiger partial charge is 0.169 e. The summed E-state index contributed by atoms with van der Waals surface area (Å²) in [6.45, 7) is 4.42. The Balaban J connectivity index is 2.30. The number of ether oxygens (including phenoxy) is 1. The number of hydrogen-bond donors (Lipinski definition) is 1. The number of phenolic OH excluding ortho intramolecular Hbond substituents is 1. The van der Waals surface area contributed by atoms with Gasteiger partial charge in [-0.2, -0.15) is 0 Å². The summed E-state index contributed by atoms with van der Waals surface area (Å²) in [4.78, 5) is 0. The Hall–Kier alpha value is -1.96. The molecule has 2 rings (SSSR count).